The van der Waals surface area contributed by atoms with E-state index in [-0.39, 0.29) is 11.8 Å². The Morgan fingerprint density at radius 3 is 2.56 bits per heavy atom. The highest BCUT2D eigenvalue weighted by atomic mass is 16.5. The summed E-state index contributed by atoms with van der Waals surface area (Å²) < 4.78 is 5.47. The third-order valence-corrected chi connectivity index (χ3v) is 3.83. The Morgan fingerprint density at radius 2 is 1.88 bits per heavy atom. The minimum Gasteiger partial charge on any atom is -0.496 e. The van der Waals surface area contributed by atoms with Crippen LogP contribution in [0.2, 0.25) is 0 Å². The van der Waals surface area contributed by atoms with Crippen LogP contribution < -0.4 is 15.4 Å². The van der Waals surface area contributed by atoms with Gasteiger partial charge in [0.2, 0.25) is 5.91 Å². The Bertz CT molecular complexity index is 785. The maximum atomic E-state index is 12.3. The Kier molecular flexibility index (Phi) is 6.17. The van der Waals surface area contributed by atoms with Crippen molar-refractivity contribution >= 4 is 17.5 Å². The van der Waals surface area contributed by atoms with E-state index in [9.17, 15) is 9.59 Å². The van der Waals surface area contributed by atoms with Crippen LogP contribution in [0.1, 0.15) is 34.0 Å². The molecular formula is C20H24N2O3. The van der Waals surface area contributed by atoms with Crippen LogP contribution in [0.4, 0.5) is 5.69 Å². The summed E-state index contributed by atoms with van der Waals surface area (Å²) in [6.07, 6.45) is 0.683. The molecule has 2 aromatic carbocycles. The van der Waals surface area contributed by atoms with Crippen molar-refractivity contribution < 1.29 is 14.3 Å². The molecule has 0 bridgehead atoms. The zero-order chi connectivity index (χ0) is 18.4. The quantitative estimate of drug-likeness (QED) is 0.848. The van der Waals surface area contributed by atoms with E-state index in [0.717, 1.165) is 16.9 Å². The standard InChI is InChI=1S/C20H24N2O3/c1-13-10-14(2)19(25-4)16(11-13)8-9-21-20(24)17-6-5-7-18(12-17)22-15(3)23/h5-7,10-12H,8-9H2,1-4H3,(H,21,24)(H,22,23). The van der Waals surface area contributed by atoms with Gasteiger partial charge in [-0.3, -0.25) is 9.59 Å². The zero-order valence-electron chi connectivity index (χ0n) is 15.1. The number of aryl methyl sites for hydroxylation is 2. The SMILES string of the molecule is COc1c(C)cc(C)cc1CCNC(=O)c1cccc(NC(C)=O)c1. The third-order valence-electron chi connectivity index (χ3n) is 3.83. The van der Waals surface area contributed by atoms with Crippen molar-refractivity contribution in [2.24, 2.45) is 0 Å². The number of anilines is 1. The van der Waals surface area contributed by atoms with Crippen molar-refractivity contribution in [3.8, 4) is 5.75 Å². The van der Waals surface area contributed by atoms with Crippen LogP contribution in [-0.4, -0.2) is 25.5 Å². The summed E-state index contributed by atoms with van der Waals surface area (Å²) in [4.78, 5) is 23.4. The summed E-state index contributed by atoms with van der Waals surface area (Å²) in [6.45, 7) is 6.00. The lowest BCUT2D eigenvalue weighted by Crippen LogP contribution is -2.26. The van der Waals surface area contributed by atoms with Gasteiger partial charge in [0.05, 0.1) is 7.11 Å². The summed E-state index contributed by atoms with van der Waals surface area (Å²) >= 11 is 0. The van der Waals surface area contributed by atoms with Gasteiger partial charge in [-0.1, -0.05) is 23.8 Å². The molecule has 2 N–H and O–H groups in total. The van der Waals surface area contributed by atoms with Gasteiger partial charge in [0.25, 0.3) is 5.91 Å². The van der Waals surface area contributed by atoms with E-state index in [0.29, 0.717) is 24.2 Å². The number of benzene rings is 2. The molecular weight excluding hydrogens is 316 g/mol. The Labute approximate surface area is 148 Å². The van der Waals surface area contributed by atoms with Crippen LogP contribution >= 0.6 is 0 Å². The molecule has 0 aliphatic carbocycles. The van der Waals surface area contributed by atoms with E-state index in [1.807, 2.05) is 13.8 Å². The minimum atomic E-state index is -0.171. The molecule has 2 amide bonds. The molecule has 5 heteroatoms. The Morgan fingerprint density at radius 1 is 1.12 bits per heavy atom. The van der Waals surface area contributed by atoms with Gasteiger partial charge < -0.3 is 15.4 Å². The molecule has 2 rings (SSSR count). The molecule has 0 atom stereocenters. The van der Waals surface area contributed by atoms with Crippen molar-refractivity contribution in [1.82, 2.24) is 5.32 Å². The van der Waals surface area contributed by atoms with Crippen molar-refractivity contribution in [3.05, 3.63) is 58.7 Å². The highest BCUT2D eigenvalue weighted by Crippen LogP contribution is 2.25. The first kappa shape index (κ1) is 18.5. The number of hydrogen-bond acceptors (Lipinski definition) is 3. The second-order valence-corrected chi connectivity index (χ2v) is 6.04. The maximum absolute atomic E-state index is 12.3. The Balaban J connectivity index is 2.00. The highest BCUT2D eigenvalue weighted by Gasteiger charge is 2.10. The summed E-state index contributed by atoms with van der Waals surface area (Å²) in [5.41, 5.74) is 4.46. The van der Waals surface area contributed by atoms with Gasteiger partial charge in [-0.25, -0.2) is 0 Å². The second-order valence-electron chi connectivity index (χ2n) is 6.04. The zero-order valence-corrected chi connectivity index (χ0v) is 15.1. The van der Waals surface area contributed by atoms with E-state index < -0.39 is 0 Å². The molecule has 2 aromatic rings. The predicted octanol–water partition coefficient (Wildman–Crippen LogP) is 3.24. The van der Waals surface area contributed by atoms with E-state index >= 15 is 0 Å². The molecule has 0 aromatic heterocycles. The molecule has 0 aliphatic rings. The van der Waals surface area contributed by atoms with Gasteiger partial charge in [0.1, 0.15) is 5.75 Å². The number of methoxy groups -OCH3 is 1. The molecule has 0 heterocycles. The van der Waals surface area contributed by atoms with E-state index in [1.54, 1.807) is 31.4 Å². The van der Waals surface area contributed by atoms with Gasteiger partial charge in [-0.05, 0) is 49.6 Å². The fourth-order valence-electron chi connectivity index (χ4n) is 2.87. The molecule has 0 radical (unpaired) electrons. The minimum absolute atomic E-state index is 0.167. The number of ether oxygens (including phenoxy) is 1. The van der Waals surface area contributed by atoms with Gasteiger partial charge in [-0.2, -0.15) is 0 Å². The van der Waals surface area contributed by atoms with Gasteiger partial charge in [0.15, 0.2) is 0 Å². The first-order valence-electron chi connectivity index (χ1n) is 8.20. The number of hydrogen-bond donors (Lipinski definition) is 2. The van der Waals surface area contributed by atoms with Crippen LogP contribution in [-0.2, 0) is 11.2 Å². The lowest BCUT2D eigenvalue weighted by Gasteiger charge is -2.13. The molecule has 132 valence electrons. The monoisotopic (exact) mass is 340 g/mol. The average molecular weight is 340 g/mol. The van der Waals surface area contributed by atoms with Crippen molar-refractivity contribution in [2.45, 2.75) is 27.2 Å². The first-order valence-corrected chi connectivity index (χ1v) is 8.20. The van der Waals surface area contributed by atoms with E-state index in [2.05, 4.69) is 22.8 Å². The summed E-state index contributed by atoms with van der Waals surface area (Å²) in [7, 11) is 1.66. The van der Waals surface area contributed by atoms with Crippen LogP contribution in [0.15, 0.2) is 36.4 Å². The molecule has 0 saturated carbocycles. The number of carbonyl (C=O) groups excluding carboxylic acids is 2. The summed E-state index contributed by atoms with van der Waals surface area (Å²) in [5.74, 6) is 0.530. The lowest BCUT2D eigenvalue weighted by molar-refractivity contribution is -0.114. The largest absolute Gasteiger partial charge is 0.496 e. The molecule has 5 nitrogen and oxygen atoms in total. The van der Waals surface area contributed by atoms with Crippen molar-refractivity contribution in [2.75, 3.05) is 19.0 Å². The van der Waals surface area contributed by atoms with E-state index in [1.165, 1.54) is 12.5 Å². The molecule has 0 spiro atoms. The second kappa shape index (κ2) is 8.33. The normalized spacial score (nSPS) is 10.2. The fraction of sp³-hybridized carbons (Fsp3) is 0.300. The topological polar surface area (TPSA) is 67.4 Å². The number of nitrogens with one attached hydrogen (secondary N) is 2. The number of rotatable bonds is 6. The first-order chi connectivity index (χ1) is 11.9. The van der Waals surface area contributed by atoms with Crippen LogP contribution in [0.3, 0.4) is 0 Å². The number of amides is 2. The van der Waals surface area contributed by atoms with E-state index in [4.69, 9.17) is 4.74 Å². The molecule has 25 heavy (non-hydrogen) atoms. The van der Waals surface area contributed by atoms with Gasteiger partial charge in [-0.15, -0.1) is 0 Å². The lowest BCUT2D eigenvalue weighted by atomic mass is 10.0. The highest BCUT2D eigenvalue weighted by molar-refractivity contribution is 5.96. The van der Waals surface area contributed by atoms with Crippen LogP contribution in [0.5, 0.6) is 5.75 Å². The van der Waals surface area contributed by atoms with Crippen LogP contribution in [0.25, 0.3) is 0 Å². The van der Waals surface area contributed by atoms with Gasteiger partial charge in [0, 0.05) is 24.7 Å². The smallest absolute Gasteiger partial charge is 0.251 e. The third kappa shape index (κ3) is 5.08. The Hall–Kier alpha value is -2.82. The summed E-state index contributed by atoms with van der Waals surface area (Å²) in [5, 5.41) is 5.59. The molecule has 0 saturated heterocycles. The molecule has 0 fully saturated rings. The van der Waals surface area contributed by atoms with Crippen molar-refractivity contribution in [3.63, 3.8) is 0 Å². The van der Waals surface area contributed by atoms with Crippen LogP contribution in [0, 0.1) is 13.8 Å². The molecule has 0 unspecified atom stereocenters. The molecule has 0 aliphatic heterocycles. The predicted molar refractivity (Wildman–Crippen MR) is 99.3 cm³/mol. The summed E-state index contributed by atoms with van der Waals surface area (Å²) in [6, 6.07) is 11.0. The average Bonchev–Trinajstić information content (AvgIpc) is 2.54. The van der Waals surface area contributed by atoms with Gasteiger partial charge >= 0.3 is 0 Å². The number of carbonyl (C=O) groups is 2. The fourth-order valence-corrected chi connectivity index (χ4v) is 2.87. The van der Waals surface area contributed by atoms with Crippen molar-refractivity contribution in [1.29, 1.82) is 0 Å². The maximum Gasteiger partial charge on any atom is 0.251 e.